The second-order valence-electron chi connectivity index (χ2n) is 11.6. The zero-order chi connectivity index (χ0) is 29.4. The van der Waals surface area contributed by atoms with Crippen LogP contribution >= 0.6 is 0 Å². The molecule has 0 aliphatic carbocycles. The Balaban J connectivity index is 1.24. The lowest BCUT2D eigenvalue weighted by molar-refractivity contribution is -0.101. The summed E-state index contributed by atoms with van der Waals surface area (Å²) in [6.07, 6.45) is 4.70. The largest absolute Gasteiger partial charge is 0.488 e. The third kappa shape index (κ3) is 5.80. The molecule has 3 atom stereocenters. The van der Waals surface area contributed by atoms with Gasteiger partial charge >= 0.3 is 5.69 Å². The maximum Gasteiger partial charge on any atom is 0.368 e. The Morgan fingerprint density at radius 1 is 1.19 bits per heavy atom. The monoisotopic (exact) mass is 587 g/mol. The zero-order valence-electron chi connectivity index (χ0n) is 23.8. The van der Waals surface area contributed by atoms with Crippen molar-refractivity contribution in [3.63, 3.8) is 0 Å². The Bertz CT molecular complexity index is 1490. The number of nitrogens with zero attached hydrogens (tertiary/aromatic N) is 7. The molecule has 5 heterocycles. The van der Waals surface area contributed by atoms with E-state index in [1.54, 1.807) is 0 Å². The van der Waals surface area contributed by atoms with Crippen LogP contribution in [0.1, 0.15) is 39.5 Å². The Morgan fingerprint density at radius 2 is 2.05 bits per heavy atom. The number of hydrogen-bond donors (Lipinski definition) is 2. The Labute approximate surface area is 241 Å². The molecule has 1 aromatic carbocycles. The third-order valence-electron chi connectivity index (χ3n) is 8.10. The van der Waals surface area contributed by atoms with E-state index in [1.807, 2.05) is 0 Å². The maximum absolute atomic E-state index is 15.4. The van der Waals surface area contributed by atoms with Crippen molar-refractivity contribution in [3.8, 4) is 11.4 Å². The first-order chi connectivity index (χ1) is 20.2. The summed E-state index contributed by atoms with van der Waals surface area (Å²) in [6, 6.07) is 2.95. The van der Waals surface area contributed by atoms with Crippen molar-refractivity contribution in [2.75, 3.05) is 43.6 Å². The highest BCUT2D eigenvalue weighted by Gasteiger charge is 2.43. The van der Waals surface area contributed by atoms with Crippen LogP contribution in [0.3, 0.4) is 0 Å². The van der Waals surface area contributed by atoms with E-state index in [0.29, 0.717) is 25.9 Å². The van der Waals surface area contributed by atoms with Gasteiger partial charge in [-0.05, 0) is 62.6 Å². The quantitative estimate of drug-likeness (QED) is 0.403. The van der Waals surface area contributed by atoms with Crippen LogP contribution in [0.5, 0.6) is 5.75 Å². The molecule has 3 aromatic rings. The van der Waals surface area contributed by atoms with Crippen molar-refractivity contribution in [3.05, 3.63) is 40.4 Å². The van der Waals surface area contributed by atoms with E-state index in [4.69, 9.17) is 14.2 Å². The number of anilines is 3. The van der Waals surface area contributed by atoms with Crippen LogP contribution in [0.4, 0.5) is 26.2 Å². The van der Waals surface area contributed by atoms with E-state index in [1.165, 1.54) is 13.1 Å². The summed E-state index contributed by atoms with van der Waals surface area (Å²) in [7, 11) is 1.45. The molecule has 0 bridgehead atoms. The van der Waals surface area contributed by atoms with Gasteiger partial charge in [0, 0.05) is 30.7 Å². The van der Waals surface area contributed by atoms with E-state index in [-0.39, 0.29) is 53.2 Å². The molecule has 3 saturated heterocycles. The van der Waals surface area contributed by atoms with Gasteiger partial charge in [0.15, 0.2) is 17.5 Å². The summed E-state index contributed by atoms with van der Waals surface area (Å²) >= 11 is 0. The number of ether oxygens (including phenoxy) is 3. The van der Waals surface area contributed by atoms with E-state index >= 15 is 4.39 Å². The Kier molecular flexibility index (Phi) is 7.81. The predicted octanol–water partition coefficient (Wildman–Crippen LogP) is 2.39. The third-order valence-corrected chi connectivity index (χ3v) is 8.10. The van der Waals surface area contributed by atoms with Crippen LogP contribution < -0.4 is 21.1 Å². The average molecular weight is 588 g/mol. The number of benzene rings is 1. The fourth-order valence-electron chi connectivity index (χ4n) is 6.16. The number of halogens is 2. The van der Waals surface area contributed by atoms with E-state index in [0.717, 1.165) is 53.9 Å². The van der Waals surface area contributed by atoms with Crippen LogP contribution in [0, 0.1) is 11.6 Å². The van der Waals surface area contributed by atoms with E-state index in [2.05, 4.69) is 49.8 Å². The molecular weight excluding hydrogens is 552 g/mol. The van der Waals surface area contributed by atoms with Crippen molar-refractivity contribution in [2.45, 2.75) is 63.3 Å². The number of rotatable bonds is 8. The predicted molar refractivity (Wildman–Crippen MR) is 148 cm³/mol. The molecule has 0 spiro atoms. The molecule has 0 radical (unpaired) electrons. The lowest BCUT2D eigenvalue weighted by Gasteiger charge is -2.47. The Morgan fingerprint density at radius 3 is 2.81 bits per heavy atom. The maximum atomic E-state index is 15.4. The summed E-state index contributed by atoms with van der Waals surface area (Å²) in [5.41, 5.74) is -0.500. The van der Waals surface area contributed by atoms with Gasteiger partial charge in [-0.1, -0.05) is 0 Å². The molecule has 1 unspecified atom stereocenters. The van der Waals surface area contributed by atoms with Gasteiger partial charge in [0.2, 0.25) is 5.95 Å². The van der Waals surface area contributed by atoms with Crippen molar-refractivity contribution >= 4 is 17.5 Å². The number of aromatic nitrogens is 6. The van der Waals surface area contributed by atoms with Crippen molar-refractivity contribution in [2.24, 2.45) is 7.05 Å². The van der Waals surface area contributed by atoms with Gasteiger partial charge < -0.3 is 24.8 Å². The molecule has 2 N–H and O–H groups in total. The molecule has 3 aliphatic heterocycles. The fraction of sp³-hybridized carbons (Fsp3) is 0.593. The number of aryl methyl sites for hydroxylation is 1. The normalized spacial score (nSPS) is 23.9. The molecular formula is C27H35F2N9O4. The number of tetrazole rings is 1. The van der Waals surface area contributed by atoms with Crippen molar-refractivity contribution < 1.29 is 23.0 Å². The second-order valence-corrected chi connectivity index (χ2v) is 11.6. The standard InChI is InChI=1S/C27H35F2N9O4/c1-27(2)12-16(9-17-5-4-6-37(17)27)31-24-20(29)13-30-25(33-24)32-21-11-22(38-26(39)36(3)34-35-38)23(10-19(21)28)42-15-18-14-40-7-8-41-18/h10-11,13,16-18H,4-9,12,14-15H2,1-3H3,(H2,30,31,32,33)/t16-,17+,18?/m1/s1. The minimum absolute atomic E-state index is 0.0143. The minimum Gasteiger partial charge on any atom is -0.488 e. The van der Waals surface area contributed by atoms with Crippen LogP contribution in [-0.2, 0) is 16.5 Å². The van der Waals surface area contributed by atoms with Crippen LogP contribution in [-0.4, -0.2) is 91.4 Å². The number of hydrogen-bond acceptors (Lipinski definition) is 11. The highest BCUT2D eigenvalue weighted by molar-refractivity contribution is 5.63. The van der Waals surface area contributed by atoms with E-state index in [9.17, 15) is 9.18 Å². The van der Waals surface area contributed by atoms with Gasteiger partial charge in [-0.2, -0.15) is 14.3 Å². The number of fused-ring (bicyclic) bond motifs is 1. The topological polar surface area (TPSA) is 133 Å². The van der Waals surface area contributed by atoms with Gasteiger partial charge in [0.25, 0.3) is 0 Å². The molecule has 0 saturated carbocycles. The summed E-state index contributed by atoms with van der Waals surface area (Å²) in [6.45, 7) is 6.84. The van der Waals surface area contributed by atoms with Gasteiger partial charge in [0.05, 0.1) is 31.7 Å². The molecule has 2 aromatic heterocycles. The van der Waals surface area contributed by atoms with E-state index < -0.39 is 17.3 Å². The summed E-state index contributed by atoms with van der Waals surface area (Å²) < 4.78 is 49.1. The molecule has 3 fully saturated rings. The highest BCUT2D eigenvalue weighted by Crippen LogP contribution is 2.39. The van der Waals surface area contributed by atoms with Gasteiger partial charge in [-0.3, -0.25) is 4.90 Å². The zero-order valence-corrected chi connectivity index (χ0v) is 23.8. The van der Waals surface area contributed by atoms with Crippen LogP contribution in [0.15, 0.2) is 23.1 Å². The second kappa shape index (κ2) is 11.5. The average Bonchev–Trinajstić information content (AvgIpc) is 3.58. The first-order valence-corrected chi connectivity index (χ1v) is 14.2. The van der Waals surface area contributed by atoms with Gasteiger partial charge in [-0.25, -0.2) is 18.6 Å². The molecule has 42 heavy (non-hydrogen) atoms. The molecule has 13 nitrogen and oxygen atoms in total. The smallest absolute Gasteiger partial charge is 0.368 e. The summed E-state index contributed by atoms with van der Waals surface area (Å²) in [5.74, 6) is -1.23. The Hall–Kier alpha value is -3.69. The lowest BCUT2D eigenvalue weighted by atomic mass is 9.84. The highest BCUT2D eigenvalue weighted by atomic mass is 19.1. The molecule has 226 valence electrons. The molecule has 6 rings (SSSR count). The summed E-state index contributed by atoms with van der Waals surface area (Å²) in [5, 5.41) is 13.7. The molecule has 15 heteroatoms. The van der Waals surface area contributed by atoms with Gasteiger partial charge in [-0.15, -0.1) is 0 Å². The van der Waals surface area contributed by atoms with Crippen LogP contribution in [0.25, 0.3) is 5.69 Å². The fourth-order valence-corrected chi connectivity index (χ4v) is 6.16. The van der Waals surface area contributed by atoms with Crippen molar-refractivity contribution in [1.82, 2.24) is 34.7 Å². The minimum atomic E-state index is -0.704. The number of nitrogens with one attached hydrogen (secondary N) is 2. The lowest BCUT2D eigenvalue weighted by Crippen LogP contribution is -2.55. The van der Waals surface area contributed by atoms with Crippen molar-refractivity contribution in [1.29, 1.82) is 0 Å². The first-order valence-electron chi connectivity index (χ1n) is 14.2. The summed E-state index contributed by atoms with van der Waals surface area (Å²) in [4.78, 5) is 23.6. The SMILES string of the molecule is Cn1nnn(-c2cc(Nc3ncc(F)c(N[C@@H]4C[C@@H]5CCCN5C(C)(C)C4)n3)c(F)cc2OCC2COCCO2)c1=O. The number of piperidine rings is 1. The van der Waals surface area contributed by atoms with Crippen LogP contribution in [0.2, 0.25) is 0 Å². The molecule has 3 aliphatic rings. The van der Waals surface area contributed by atoms with Gasteiger partial charge in [0.1, 0.15) is 24.1 Å². The molecule has 0 amide bonds. The first kappa shape index (κ1) is 28.4.